The number of ether oxygens (including phenoxy) is 1. The van der Waals surface area contributed by atoms with Crippen LogP contribution in [0.5, 0.6) is 5.75 Å². The number of rotatable bonds is 7. The Morgan fingerprint density at radius 2 is 1.92 bits per heavy atom. The number of benzene rings is 1. The summed E-state index contributed by atoms with van der Waals surface area (Å²) in [6.07, 6.45) is 3.47. The zero-order chi connectivity index (χ0) is 16.8. The van der Waals surface area contributed by atoms with Crippen molar-refractivity contribution in [2.24, 2.45) is 0 Å². The fourth-order valence-electron chi connectivity index (χ4n) is 2.24. The molecule has 2 aromatic heterocycles. The second kappa shape index (κ2) is 7.92. The molecule has 2 heterocycles. The zero-order valence-electron chi connectivity index (χ0n) is 13.2. The van der Waals surface area contributed by atoms with Crippen molar-refractivity contribution in [3.05, 3.63) is 54.6 Å². The van der Waals surface area contributed by atoms with Crippen LogP contribution in [0.3, 0.4) is 0 Å². The number of nitrogens with zero attached hydrogens (tertiary/aromatic N) is 4. The van der Waals surface area contributed by atoms with Crippen LogP contribution >= 0.6 is 11.8 Å². The van der Waals surface area contributed by atoms with Crippen molar-refractivity contribution < 1.29 is 9.13 Å². The third kappa shape index (κ3) is 3.73. The van der Waals surface area contributed by atoms with Gasteiger partial charge in [0, 0.05) is 30.3 Å². The van der Waals surface area contributed by atoms with Crippen LogP contribution in [0.25, 0.3) is 11.4 Å². The molecule has 1 aromatic carbocycles. The van der Waals surface area contributed by atoms with Crippen molar-refractivity contribution in [2.75, 3.05) is 12.4 Å². The van der Waals surface area contributed by atoms with E-state index in [1.807, 2.05) is 23.6 Å². The van der Waals surface area contributed by atoms with Gasteiger partial charge >= 0.3 is 0 Å². The molecule has 0 fully saturated rings. The number of thioether (sulfide) groups is 1. The van der Waals surface area contributed by atoms with E-state index in [9.17, 15) is 4.39 Å². The minimum Gasteiger partial charge on any atom is -0.490 e. The highest BCUT2D eigenvalue weighted by Crippen LogP contribution is 2.23. The van der Waals surface area contributed by atoms with Crippen molar-refractivity contribution in [1.29, 1.82) is 0 Å². The molecule has 0 aliphatic rings. The summed E-state index contributed by atoms with van der Waals surface area (Å²) in [5, 5.41) is 9.34. The summed E-state index contributed by atoms with van der Waals surface area (Å²) in [6, 6.07) is 10.2. The molecule has 3 aromatic rings. The number of pyridine rings is 1. The zero-order valence-corrected chi connectivity index (χ0v) is 14.0. The van der Waals surface area contributed by atoms with Crippen molar-refractivity contribution >= 4 is 11.8 Å². The first-order valence-electron chi connectivity index (χ1n) is 7.63. The van der Waals surface area contributed by atoms with Gasteiger partial charge in [0.15, 0.2) is 22.5 Å². The standard InChI is InChI=1S/C17H17FN4OS/c1-2-22-16(13-7-9-19-10-8-13)20-21-17(22)24-12-11-23-15-6-4-3-5-14(15)18/h3-10H,2,11-12H2,1H3. The second-order valence-corrected chi connectivity index (χ2v) is 5.98. The molecule has 0 atom stereocenters. The van der Waals surface area contributed by atoms with E-state index in [1.54, 1.807) is 30.6 Å². The first-order chi connectivity index (χ1) is 11.8. The second-order valence-electron chi connectivity index (χ2n) is 4.91. The molecule has 5 nitrogen and oxygen atoms in total. The van der Waals surface area contributed by atoms with Gasteiger partial charge in [-0.05, 0) is 31.2 Å². The minimum atomic E-state index is -0.348. The lowest BCUT2D eigenvalue weighted by Gasteiger charge is -2.08. The summed E-state index contributed by atoms with van der Waals surface area (Å²) in [5.41, 5.74) is 0.980. The van der Waals surface area contributed by atoms with Gasteiger partial charge in [0.1, 0.15) is 0 Å². The molecule has 0 radical (unpaired) electrons. The van der Waals surface area contributed by atoms with E-state index in [0.29, 0.717) is 12.4 Å². The number of hydrogen-bond acceptors (Lipinski definition) is 5. The molecule has 0 saturated carbocycles. The third-order valence-electron chi connectivity index (χ3n) is 3.38. The van der Waals surface area contributed by atoms with Gasteiger partial charge < -0.3 is 9.30 Å². The van der Waals surface area contributed by atoms with Crippen LogP contribution in [0.1, 0.15) is 6.92 Å². The summed E-state index contributed by atoms with van der Waals surface area (Å²) in [7, 11) is 0. The molecule has 0 bridgehead atoms. The van der Waals surface area contributed by atoms with Crippen molar-refractivity contribution in [3.8, 4) is 17.1 Å². The van der Waals surface area contributed by atoms with Gasteiger partial charge in [0.25, 0.3) is 0 Å². The molecule has 0 N–H and O–H groups in total. The molecule has 0 aliphatic heterocycles. The fraction of sp³-hybridized carbons (Fsp3) is 0.235. The summed E-state index contributed by atoms with van der Waals surface area (Å²) in [6.45, 7) is 3.21. The highest BCUT2D eigenvalue weighted by molar-refractivity contribution is 7.99. The summed E-state index contributed by atoms with van der Waals surface area (Å²) in [4.78, 5) is 4.02. The Hall–Kier alpha value is -2.41. The maximum absolute atomic E-state index is 13.5. The van der Waals surface area contributed by atoms with E-state index >= 15 is 0 Å². The Morgan fingerprint density at radius 3 is 2.67 bits per heavy atom. The van der Waals surface area contributed by atoms with Crippen molar-refractivity contribution in [2.45, 2.75) is 18.6 Å². The van der Waals surface area contributed by atoms with Crippen molar-refractivity contribution in [3.63, 3.8) is 0 Å². The molecule has 0 unspecified atom stereocenters. The molecule has 3 rings (SSSR count). The van der Waals surface area contributed by atoms with Crippen LogP contribution in [0.15, 0.2) is 53.9 Å². The van der Waals surface area contributed by atoms with E-state index in [-0.39, 0.29) is 11.6 Å². The topological polar surface area (TPSA) is 52.8 Å². The SMILES string of the molecule is CCn1c(SCCOc2ccccc2F)nnc1-c1ccncc1. The molecule has 0 saturated heterocycles. The molecular weight excluding hydrogens is 327 g/mol. The van der Waals surface area contributed by atoms with Crippen LogP contribution < -0.4 is 4.74 Å². The number of hydrogen-bond donors (Lipinski definition) is 0. The number of halogens is 1. The molecule has 0 spiro atoms. The van der Waals surface area contributed by atoms with Crippen LogP contribution in [-0.2, 0) is 6.54 Å². The van der Waals surface area contributed by atoms with Gasteiger partial charge in [0.2, 0.25) is 0 Å². The number of aromatic nitrogens is 4. The molecular formula is C17H17FN4OS. The molecule has 24 heavy (non-hydrogen) atoms. The number of para-hydroxylation sites is 1. The van der Waals surface area contributed by atoms with Gasteiger partial charge in [-0.1, -0.05) is 23.9 Å². The summed E-state index contributed by atoms with van der Waals surface area (Å²) >= 11 is 1.54. The average molecular weight is 344 g/mol. The van der Waals surface area contributed by atoms with Crippen molar-refractivity contribution in [1.82, 2.24) is 19.7 Å². The predicted molar refractivity (Wildman–Crippen MR) is 91.5 cm³/mol. The largest absolute Gasteiger partial charge is 0.490 e. The quantitative estimate of drug-likeness (QED) is 0.483. The van der Waals surface area contributed by atoms with E-state index in [2.05, 4.69) is 15.2 Å². The molecule has 7 heteroatoms. The Kier molecular flexibility index (Phi) is 5.43. The van der Waals surface area contributed by atoms with Gasteiger partial charge in [0.05, 0.1) is 6.61 Å². The van der Waals surface area contributed by atoms with Crippen LogP contribution in [0.4, 0.5) is 4.39 Å². The highest BCUT2D eigenvalue weighted by Gasteiger charge is 2.13. The minimum absolute atomic E-state index is 0.271. The predicted octanol–water partition coefficient (Wildman–Crippen LogP) is 3.67. The van der Waals surface area contributed by atoms with E-state index in [0.717, 1.165) is 23.1 Å². The van der Waals surface area contributed by atoms with Gasteiger partial charge in [-0.15, -0.1) is 10.2 Å². The van der Waals surface area contributed by atoms with Gasteiger partial charge in [-0.25, -0.2) is 4.39 Å². The summed E-state index contributed by atoms with van der Waals surface area (Å²) < 4.78 is 21.0. The first kappa shape index (κ1) is 16.4. The van der Waals surface area contributed by atoms with Crippen LogP contribution in [0, 0.1) is 5.82 Å². The molecule has 0 aliphatic carbocycles. The van der Waals surface area contributed by atoms with E-state index < -0.39 is 0 Å². The maximum atomic E-state index is 13.5. The Morgan fingerprint density at radius 1 is 1.12 bits per heavy atom. The van der Waals surface area contributed by atoms with E-state index in [4.69, 9.17) is 4.74 Å². The normalized spacial score (nSPS) is 10.8. The molecule has 0 amide bonds. The average Bonchev–Trinajstić information content (AvgIpc) is 3.04. The monoisotopic (exact) mass is 344 g/mol. The summed E-state index contributed by atoms with van der Waals surface area (Å²) in [5.74, 6) is 1.40. The van der Waals surface area contributed by atoms with Gasteiger partial charge in [-0.2, -0.15) is 0 Å². The fourth-order valence-corrected chi connectivity index (χ4v) is 3.06. The Labute approximate surface area is 143 Å². The molecule has 124 valence electrons. The van der Waals surface area contributed by atoms with Crippen LogP contribution in [0.2, 0.25) is 0 Å². The lowest BCUT2D eigenvalue weighted by atomic mass is 10.2. The Balaban J connectivity index is 1.62. The Bertz CT molecular complexity index is 794. The van der Waals surface area contributed by atoms with Gasteiger partial charge in [-0.3, -0.25) is 4.98 Å². The smallest absolute Gasteiger partial charge is 0.191 e. The highest BCUT2D eigenvalue weighted by atomic mass is 32.2. The van der Waals surface area contributed by atoms with E-state index in [1.165, 1.54) is 17.8 Å². The lowest BCUT2D eigenvalue weighted by Crippen LogP contribution is -2.04. The van der Waals surface area contributed by atoms with Crippen LogP contribution in [-0.4, -0.2) is 32.1 Å². The lowest BCUT2D eigenvalue weighted by molar-refractivity contribution is 0.325. The maximum Gasteiger partial charge on any atom is 0.191 e. The third-order valence-corrected chi connectivity index (χ3v) is 4.31. The first-order valence-corrected chi connectivity index (χ1v) is 8.62.